The first-order valence-electron chi connectivity index (χ1n) is 16.5. The number of benzene rings is 3. The number of imidazole rings is 1. The summed E-state index contributed by atoms with van der Waals surface area (Å²) < 4.78 is 28.9. The molecular weight excluding hydrogens is 639 g/mol. The summed E-state index contributed by atoms with van der Waals surface area (Å²) in [6.45, 7) is 3.99. The van der Waals surface area contributed by atoms with Crippen LogP contribution < -0.4 is 5.32 Å². The minimum absolute atomic E-state index is 0.132. The minimum atomic E-state index is -3.94. The van der Waals surface area contributed by atoms with E-state index in [1.807, 2.05) is 74.5 Å². The molecule has 3 N–H and O–H groups in total. The number of hydrogen-bond acceptors (Lipinski definition) is 7. The van der Waals surface area contributed by atoms with Crippen molar-refractivity contribution < 1.29 is 23.1 Å². The number of aliphatic hydroxyl groups is 1. The Balaban J connectivity index is 1.41. The molecular formula is C38H43N5O5S. The van der Waals surface area contributed by atoms with E-state index in [1.165, 1.54) is 22.8 Å². The van der Waals surface area contributed by atoms with Crippen molar-refractivity contribution in [3.63, 3.8) is 0 Å². The number of fused-ring (bicyclic) bond motifs is 1. The van der Waals surface area contributed by atoms with E-state index in [2.05, 4.69) is 20.3 Å². The summed E-state index contributed by atoms with van der Waals surface area (Å²) in [6.07, 6.45) is 2.75. The molecule has 0 spiro atoms. The van der Waals surface area contributed by atoms with Crippen molar-refractivity contribution in [2.45, 2.75) is 56.6 Å². The predicted octanol–water partition coefficient (Wildman–Crippen LogP) is 5.22. The minimum Gasteiger partial charge on any atom is -0.390 e. The van der Waals surface area contributed by atoms with Crippen molar-refractivity contribution in [1.82, 2.24) is 24.6 Å². The van der Waals surface area contributed by atoms with Gasteiger partial charge in [0.05, 0.1) is 34.8 Å². The number of pyridine rings is 1. The number of amides is 1. The zero-order valence-corrected chi connectivity index (χ0v) is 28.6. The summed E-state index contributed by atoms with van der Waals surface area (Å²) in [7, 11) is -3.94. The molecule has 3 atom stereocenters. The molecule has 0 unspecified atom stereocenters. The lowest BCUT2D eigenvalue weighted by atomic mass is 9.93. The zero-order chi connectivity index (χ0) is 34.8. The van der Waals surface area contributed by atoms with E-state index in [9.17, 15) is 23.1 Å². The average molecular weight is 682 g/mol. The van der Waals surface area contributed by atoms with Crippen LogP contribution in [-0.4, -0.2) is 69.7 Å². The van der Waals surface area contributed by atoms with E-state index in [0.29, 0.717) is 17.6 Å². The van der Waals surface area contributed by atoms with Crippen molar-refractivity contribution in [2.24, 2.45) is 11.8 Å². The van der Waals surface area contributed by atoms with Crippen molar-refractivity contribution >= 4 is 32.6 Å². The number of aromatic amines is 1. The second kappa shape index (κ2) is 16.6. The topological polar surface area (TPSA) is 145 Å². The lowest BCUT2D eigenvalue weighted by Crippen LogP contribution is -2.52. The highest BCUT2D eigenvalue weighted by Gasteiger charge is 2.33. The molecule has 0 aliphatic heterocycles. The number of carbonyl (C=O) groups is 2. The third-order valence-corrected chi connectivity index (χ3v) is 10.4. The van der Waals surface area contributed by atoms with Crippen LogP contribution in [0, 0.1) is 11.8 Å². The van der Waals surface area contributed by atoms with Gasteiger partial charge in [-0.25, -0.2) is 18.4 Å². The number of aromatic nitrogens is 3. The molecule has 0 fully saturated rings. The fourth-order valence-electron chi connectivity index (χ4n) is 5.71. The molecule has 0 radical (unpaired) electrons. The Labute approximate surface area is 287 Å². The molecule has 5 aromatic rings. The molecule has 3 aromatic carbocycles. The number of H-pyrrole nitrogens is 1. The van der Waals surface area contributed by atoms with E-state index in [4.69, 9.17) is 0 Å². The summed E-state index contributed by atoms with van der Waals surface area (Å²) in [4.78, 5) is 39.4. The highest BCUT2D eigenvalue weighted by Crippen LogP contribution is 2.21. The van der Waals surface area contributed by atoms with Gasteiger partial charge >= 0.3 is 0 Å². The molecule has 256 valence electrons. The third kappa shape index (κ3) is 9.69. The summed E-state index contributed by atoms with van der Waals surface area (Å²) in [5.74, 6) is -1.33. The smallest absolute Gasteiger partial charge is 0.243 e. The van der Waals surface area contributed by atoms with Crippen molar-refractivity contribution in [3.05, 3.63) is 127 Å². The second-order valence-corrected chi connectivity index (χ2v) is 14.7. The van der Waals surface area contributed by atoms with Gasteiger partial charge in [-0.2, -0.15) is 4.31 Å². The van der Waals surface area contributed by atoms with Gasteiger partial charge in [0.15, 0.2) is 5.78 Å². The fraction of sp³-hybridized carbons (Fsp3) is 0.316. The molecule has 0 aliphatic rings. The molecule has 0 bridgehead atoms. The van der Waals surface area contributed by atoms with E-state index in [0.717, 1.165) is 10.9 Å². The number of carbonyl (C=O) groups excluding carboxylic acids is 2. The lowest BCUT2D eigenvalue weighted by Gasteiger charge is -2.31. The number of ketones is 1. The summed E-state index contributed by atoms with van der Waals surface area (Å²) in [5, 5.41) is 15.7. The third-order valence-electron chi connectivity index (χ3n) is 8.53. The summed E-state index contributed by atoms with van der Waals surface area (Å²) in [5.41, 5.74) is 2.47. The maximum Gasteiger partial charge on any atom is 0.243 e. The van der Waals surface area contributed by atoms with Gasteiger partial charge in [0, 0.05) is 43.2 Å². The Hall–Kier alpha value is -4.71. The standard InChI is InChI=1S/C38H43N5O5S/c1-27(2)19-20-43(49(47,48)32-14-7-4-8-15-32)25-37(45)35(21-28-11-5-3-6-12-28)42-38(46)30(22-31-24-39-26-40-31)23-36(44)34-18-17-29-13-9-10-16-33(29)41-34/h3-18,24,26-27,30,35,37,45H,19-23,25H2,1-2H3,(H,39,40)(H,42,46)/t30-,35+,37-/m1/s1. The molecule has 5 rings (SSSR count). The monoisotopic (exact) mass is 681 g/mol. The van der Waals surface area contributed by atoms with E-state index < -0.39 is 34.0 Å². The highest BCUT2D eigenvalue weighted by atomic mass is 32.2. The van der Waals surface area contributed by atoms with Gasteiger partial charge in [-0.3, -0.25) is 9.59 Å². The van der Waals surface area contributed by atoms with Gasteiger partial charge in [0.2, 0.25) is 15.9 Å². The molecule has 0 aliphatic carbocycles. The van der Waals surface area contributed by atoms with E-state index >= 15 is 0 Å². The number of rotatable bonds is 17. The van der Waals surface area contributed by atoms with Crippen LogP contribution in [0.4, 0.5) is 0 Å². The number of aliphatic hydroxyl groups excluding tert-OH is 1. The number of para-hydroxylation sites is 1. The Kier molecular flexibility index (Phi) is 12.1. The molecule has 0 saturated heterocycles. The molecule has 2 heterocycles. The van der Waals surface area contributed by atoms with Crippen LogP contribution in [0.2, 0.25) is 0 Å². The number of hydrogen-bond donors (Lipinski definition) is 3. The van der Waals surface area contributed by atoms with E-state index in [1.54, 1.807) is 30.5 Å². The van der Waals surface area contributed by atoms with E-state index in [-0.39, 0.29) is 54.6 Å². The van der Waals surface area contributed by atoms with Crippen molar-refractivity contribution in [3.8, 4) is 0 Å². The SMILES string of the molecule is CC(C)CCN(C[C@@H](O)[C@H](Cc1ccccc1)NC(=O)[C@@H](CC(=O)c1ccc2ccccc2n1)Cc1cnc[nH]1)S(=O)(=O)c1ccccc1. The van der Waals surface area contributed by atoms with Crippen molar-refractivity contribution in [2.75, 3.05) is 13.1 Å². The first-order valence-corrected chi connectivity index (χ1v) is 18.0. The van der Waals surface area contributed by atoms with Gasteiger partial charge in [0.25, 0.3) is 0 Å². The zero-order valence-electron chi connectivity index (χ0n) is 27.8. The molecule has 1 amide bonds. The predicted molar refractivity (Wildman–Crippen MR) is 189 cm³/mol. The van der Waals surface area contributed by atoms with Crippen LogP contribution in [0.5, 0.6) is 0 Å². The molecule has 11 heteroatoms. The average Bonchev–Trinajstić information content (AvgIpc) is 3.63. The molecule has 49 heavy (non-hydrogen) atoms. The Bertz CT molecular complexity index is 1920. The van der Waals surface area contributed by atoms with Crippen LogP contribution >= 0.6 is 0 Å². The van der Waals surface area contributed by atoms with Crippen molar-refractivity contribution in [1.29, 1.82) is 0 Å². The van der Waals surface area contributed by atoms with Gasteiger partial charge in [-0.05, 0) is 48.6 Å². The number of sulfonamides is 1. The quantitative estimate of drug-likeness (QED) is 0.114. The van der Waals surface area contributed by atoms with Crippen LogP contribution in [0.15, 0.2) is 114 Å². The van der Waals surface area contributed by atoms with Gasteiger partial charge in [-0.1, -0.05) is 86.6 Å². The Morgan fingerprint density at radius 3 is 2.29 bits per heavy atom. The van der Waals surface area contributed by atoms with Crippen LogP contribution in [0.25, 0.3) is 10.9 Å². The van der Waals surface area contributed by atoms with Crippen LogP contribution in [-0.2, 0) is 27.7 Å². The number of Topliss-reactive ketones (excluding diaryl/α,β-unsaturated/α-hetero) is 1. The Morgan fingerprint density at radius 2 is 1.59 bits per heavy atom. The normalized spacial score (nSPS) is 13.7. The number of nitrogens with zero attached hydrogens (tertiary/aromatic N) is 3. The summed E-state index contributed by atoms with van der Waals surface area (Å²) in [6, 6.07) is 27.7. The van der Waals surface area contributed by atoms with Gasteiger partial charge < -0.3 is 15.4 Å². The highest BCUT2D eigenvalue weighted by molar-refractivity contribution is 7.89. The second-order valence-electron chi connectivity index (χ2n) is 12.7. The largest absolute Gasteiger partial charge is 0.390 e. The maximum atomic E-state index is 14.1. The molecule has 10 nitrogen and oxygen atoms in total. The fourth-order valence-corrected chi connectivity index (χ4v) is 7.20. The van der Waals surface area contributed by atoms with Crippen LogP contribution in [0.1, 0.15) is 48.4 Å². The Morgan fingerprint density at radius 1 is 0.898 bits per heavy atom. The first-order chi connectivity index (χ1) is 23.6. The van der Waals surface area contributed by atoms with Crippen LogP contribution in [0.3, 0.4) is 0 Å². The lowest BCUT2D eigenvalue weighted by molar-refractivity contribution is -0.126. The van der Waals surface area contributed by atoms with Gasteiger partial charge in [-0.15, -0.1) is 0 Å². The number of nitrogens with one attached hydrogen (secondary N) is 2. The summed E-state index contributed by atoms with van der Waals surface area (Å²) >= 11 is 0. The van der Waals surface area contributed by atoms with Gasteiger partial charge in [0.1, 0.15) is 5.69 Å². The molecule has 0 saturated carbocycles. The maximum absolute atomic E-state index is 14.1. The molecule has 2 aromatic heterocycles. The first kappa shape index (κ1) is 35.6.